The lowest BCUT2D eigenvalue weighted by Gasteiger charge is -2.14. The van der Waals surface area contributed by atoms with Gasteiger partial charge in [-0.1, -0.05) is 24.1 Å². The summed E-state index contributed by atoms with van der Waals surface area (Å²) >= 11 is 0. The Morgan fingerprint density at radius 3 is 2.94 bits per heavy atom. The molecule has 0 unspecified atom stereocenters. The molecular formula is C14H14N2O. The third-order valence-electron chi connectivity index (χ3n) is 2.97. The standard InChI is InChI=1S/C14H14N2O/c1-3-12(14-7-15-9-16-14)13-6-4-5-11(8-17)10(13)2/h1,4-7,9,12,17H,8H2,2H3,(H,15,16)/t12-/m1/s1. The number of rotatable bonds is 3. The molecule has 0 fully saturated rings. The first kappa shape index (κ1) is 11.4. The molecule has 0 saturated heterocycles. The van der Waals surface area contributed by atoms with Crippen LogP contribution in [0, 0.1) is 19.3 Å². The van der Waals surface area contributed by atoms with E-state index in [0.29, 0.717) is 0 Å². The summed E-state index contributed by atoms with van der Waals surface area (Å²) in [6.45, 7) is 2.00. The molecule has 0 amide bonds. The van der Waals surface area contributed by atoms with Crippen molar-refractivity contribution in [3.63, 3.8) is 0 Å². The molecule has 2 rings (SSSR count). The van der Waals surface area contributed by atoms with Gasteiger partial charge in [-0.3, -0.25) is 0 Å². The van der Waals surface area contributed by atoms with Gasteiger partial charge in [0, 0.05) is 6.20 Å². The highest BCUT2D eigenvalue weighted by Crippen LogP contribution is 2.26. The fraction of sp³-hybridized carbons (Fsp3) is 0.214. The first-order chi connectivity index (χ1) is 8.27. The Bertz CT molecular complexity index is 538. The molecule has 3 nitrogen and oxygen atoms in total. The Kier molecular flexibility index (Phi) is 3.27. The minimum atomic E-state index is -0.149. The molecule has 0 aliphatic rings. The van der Waals surface area contributed by atoms with Crippen LogP contribution in [0.4, 0.5) is 0 Å². The SMILES string of the molecule is C#C[C@@H](c1cnc[nH]1)c1cccc(CO)c1C. The molecule has 2 aromatic rings. The first-order valence-electron chi connectivity index (χ1n) is 5.41. The number of aromatic amines is 1. The number of aromatic nitrogens is 2. The van der Waals surface area contributed by atoms with Crippen LogP contribution in [-0.2, 0) is 6.61 Å². The van der Waals surface area contributed by atoms with Gasteiger partial charge in [-0.15, -0.1) is 6.42 Å². The summed E-state index contributed by atoms with van der Waals surface area (Å²) < 4.78 is 0. The average Bonchev–Trinajstić information content (AvgIpc) is 2.86. The van der Waals surface area contributed by atoms with Crippen LogP contribution in [0.5, 0.6) is 0 Å². The van der Waals surface area contributed by atoms with Crippen molar-refractivity contribution >= 4 is 0 Å². The number of hydrogen-bond acceptors (Lipinski definition) is 2. The number of terminal acetylenes is 1. The third-order valence-corrected chi connectivity index (χ3v) is 2.97. The highest BCUT2D eigenvalue weighted by molar-refractivity contribution is 5.43. The smallest absolute Gasteiger partial charge is 0.0922 e. The maximum atomic E-state index is 9.26. The van der Waals surface area contributed by atoms with Crippen LogP contribution in [0.1, 0.15) is 28.3 Å². The van der Waals surface area contributed by atoms with E-state index in [9.17, 15) is 5.11 Å². The van der Waals surface area contributed by atoms with Gasteiger partial charge in [0.2, 0.25) is 0 Å². The number of imidazole rings is 1. The Balaban J connectivity index is 2.49. The molecule has 0 bridgehead atoms. The lowest BCUT2D eigenvalue weighted by atomic mass is 9.90. The topological polar surface area (TPSA) is 48.9 Å². The van der Waals surface area contributed by atoms with Crippen LogP contribution in [-0.4, -0.2) is 15.1 Å². The molecule has 17 heavy (non-hydrogen) atoms. The Labute approximate surface area is 101 Å². The van der Waals surface area contributed by atoms with Gasteiger partial charge in [0.15, 0.2) is 0 Å². The molecule has 1 heterocycles. The summed E-state index contributed by atoms with van der Waals surface area (Å²) in [7, 11) is 0. The highest BCUT2D eigenvalue weighted by Gasteiger charge is 2.16. The van der Waals surface area contributed by atoms with Gasteiger partial charge in [-0.05, 0) is 23.6 Å². The normalized spacial score (nSPS) is 12.1. The number of nitrogens with one attached hydrogen (secondary N) is 1. The summed E-state index contributed by atoms with van der Waals surface area (Å²) in [5, 5.41) is 9.26. The molecular weight excluding hydrogens is 212 g/mol. The average molecular weight is 226 g/mol. The van der Waals surface area contributed by atoms with Gasteiger partial charge >= 0.3 is 0 Å². The summed E-state index contributed by atoms with van der Waals surface area (Å²) in [5.74, 6) is 2.61. The van der Waals surface area contributed by atoms with Crippen LogP contribution >= 0.6 is 0 Å². The number of H-pyrrole nitrogens is 1. The Morgan fingerprint density at radius 1 is 1.53 bits per heavy atom. The molecule has 1 aromatic heterocycles. The molecule has 1 atom stereocenters. The first-order valence-corrected chi connectivity index (χ1v) is 5.41. The molecule has 3 heteroatoms. The zero-order chi connectivity index (χ0) is 12.3. The maximum absolute atomic E-state index is 9.26. The second-order valence-corrected chi connectivity index (χ2v) is 3.90. The molecule has 1 aromatic carbocycles. The van der Waals surface area contributed by atoms with Gasteiger partial charge < -0.3 is 10.1 Å². The summed E-state index contributed by atoms with van der Waals surface area (Å²) in [5.41, 5.74) is 3.86. The van der Waals surface area contributed by atoms with Crippen molar-refractivity contribution in [2.45, 2.75) is 19.4 Å². The van der Waals surface area contributed by atoms with Gasteiger partial charge in [0.05, 0.1) is 24.5 Å². The Hall–Kier alpha value is -2.05. The van der Waals surface area contributed by atoms with Crippen LogP contribution in [0.25, 0.3) is 0 Å². The van der Waals surface area contributed by atoms with E-state index in [1.54, 1.807) is 12.5 Å². The van der Waals surface area contributed by atoms with Crippen molar-refractivity contribution in [3.8, 4) is 12.3 Å². The molecule has 2 N–H and O–H groups in total. The lowest BCUT2D eigenvalue weighted by Crippen LogP contribution is -2.03. The van der Waals surface area contributed by atoms with Crippen molar-refractivity contribution in [2.75, 3.05) is 0 Å². The highest BCUT2D eigenvalue weighted by atomic mass is 16.3. The van der Waals surface area contributed by atoms with Crippen LogP contribution in [0.3, 0.4) is 0 Å². The summed E-state index contributed by atoms with van der Waals surface area (Å²) in [6, 6.07) is 5.80. The van der Waals surface area contributed by atoms with Crippen molar-refractivity contribution < 1.29 is 5.11 Å². The monoisotopic (exact) mass is 226 g/mol. The van der Waals surface area contributed by atoms with E-state index in [1.807, 2.05) is 25.1 Å². The summed E-state index contributed by atoms with van der Waals surface area (Å²) in [6.07, 6.45) is 8.94. The van der Waals surface area contributed by atoms with E-state index in [-0.39, 0.29) is 12.5 Å². The van der Waals surface area contributed by atoms with E-state index >= 15 is 0 Å². The minimum Gasteiger partial charge on any atom is -0.392 e. The minimum absolute atomic E-state index is 0.0277. The molecule has 0 radical (unpaired) electrons. The largest absolute Gasteiger partial charge is 0.392 e. The van der Waals surface area contributed by atoms with E-state index in [1.165, 1.54) is 0 Å². The maximum Gasteiger partial charge on any atom is 0.0922 e. The number of aliphatic hydroxyl groups is 1. The van der Waals surface area contributed by atoms with Gasteiger partial charge in [0.25, 0.3) is 0 Å². The van der Waals surface area contributed by atoms with Crippen molar-refractivity contribution in [3.05, 3.63) is 53.1 Å². The quantitative estimate of drug-likeness (QED) is 0.786. The van der Waals surface area contributed by atoms with Crippen molar-refractivity contribution in [1.29, 1.82) is 0 Å². The van der Waals surface area contributed by atoms with Crippen LogP contribution in [0.2, 0.25) is 0 Å². The van der Waals surface area contributed by atoms with E-state index < -0.39 is 0 Å². The summed E-state index contributed by atoms with van der Waals surface area (Å²) in [4.78, 5) is 7.02. The van der Waals surface area contributed by atoms with E-state index in [4.69, 9.17) is 6.42 Å². The molecule has 0 spiro atoms. The molecule has 0 aliphatic heterocycles. The number of hydrogen-bond donors (Lipinski definition) is 2. The van der Waals surface area contributed by atoms with Crippen LogP contribution < -0.4 is 0 Å². The lowest BCUT2D eigenvalue weighted by molar-refractivity contribution is 0.281. The predicted octanol–water partition coefficient (Wildman–Crippen LogP) is 1.98. The third kappa shape index (κ3) is 2.08. The van der Waals surface area contributed by atoms with Gasteiger partial charge in [-0.2, -0.15) is 0 Å². The Morgan fingerprint density at radius 2 is 2.35 bits per heavy atom. The van der Waals surface area contributed by atoms with Gasteiger partial charge in [0.1, 0.15) is 0 Å². The van der Waals surface area contributed by atoms with E-state index in [2.05, 4.69) is 15.9 Å². The zero-order valence-corrected chi connectivity index (χ0v) is 9.64. The van der Waals surface area contributed by atoms with Gasteiger partial charge in [-0.25, -0.2) is 4.98 Å². The molecule has 0 aliphatic carbocycles. The van der Waals surface area contributed by atoms with E-state index in [0.717, 1.165) is 22.4 Å². The number of aliphatic hydroxyl groups excluding tert-OH is 1. The van der Waals surface area contributed by atoms with Crippen molar-refractivity contribution in [1.82, 2.24) is 9.97 Å². The molecule has 86 valence electrons. The molecule has 0 saturated carbocycles. The number of benzene rings is 1. The van der Waals surface area contributed by atoms with Crippen molar-refractivity contribution in [2.24, 2.45) is 0 Å². The second-order valence-electron chi connectivity index (χ2n) is 3.90. The fourth-order valence-corrected chi connectivity index (χ4v) is 1.96. The fourth-order valence-electron chi connectivity index (χ4n) is 1.96. The van der Waals surface area contributed by atoms with Crippen LogP contribution in [0.15, 0.2) is 30.7 Å². The second kappa shape index (κ2) is 4.86. The number of nitrogens with zero attached hydrogens (tertiary/aromatic N) is 1. The predicted molar refractivity (Wildman–Crippen MR) is 66.4 cm³/mol. The zero-order valence-electron chi connectivity index (χ0n) is 9.64.